The first-order chi connectivity index (χ1) is 9.81. The molecule has 5 nitrogen and oxygen atoms in total. The Kier molecular flexibility index (Phi) is 6.65. The molecule has 116 valence electrons. The molecule has 0 saturated heterocycles. The highest BCUT2D eigenvalue weighted by Crippen LogP contribution is 2.15. The van der Waals surface area contributed by atoms with Crippen LogP contribution in [-0.2, 0) is 9.59 Å². The minimum absolute atomic E-state index is 0.0288. The summed E-state index contributed by atoms with van der Waals surface area (Å²) in [6.45, 7) is 5.49. The van der Waals surface area contributed by atoms with Crippen molar-refractivity contribution < 1.29 is 9.59 Å². The van der Waals surface area contributed by atoms with Crippen molar-refractivity contribution in [1.82, 2.24) is 10.6 Å². The van der Waals surface area contributed by atoms with Crippen LogP contribution in [0.3, 0.4) is 0 Å². The molecule has 21 heavy (non-hydrogen) atoms. The lowest BCUT2D eigenvalue weighted by molar-refractivity contribution is -0.127. The van der Waals surface area contributed by atoms with Crippen molar-refractivity contribution in [1.29, 1.82) is 0 Å². The SMILES string of the molecule is CC(C)[C@H](N)C(=O)NCC(=O)N[C@@H](C)c1ccc(Cl)cc1. The maximum absolute atomic E-state index is 11.8. The van der Waals surface area contributed by atoms with E-state index in [0.29, 0.717) is 5.02 Å². The summed E-state index contributed by atoms with van der Waals surface area (Å²) in [5, 5.41) is 5.98. The number of hydrogen-bond donors (Lipinski definition) is 3. The van der Waals surface area contributed by atoms with Gasteiger partial charge in [-0.3, -0.25) is 9.59 Å². The molecule has 2 amide bonds. The molecule has 4 N–H and O–H groups in total. The van der Waals surface area contributed by atoms with E-state index < -0.39 is 6.04 Å². The van der Waals surface area contributed by atoms with Crippen molar-refractivity contribution in [3.8, 4) is 0 Å². The van der Waals surface area contributed by atoms with Gasteiger partial charge in [-0.1, -0.05) is 37.6 Å². The summed E-state index contributed by atoms with van der Waals surface area (Å²) in [4.78, 5) is 23.4. The molecule has 0 bridgehead atoms. The van der Waals surface area contributed by atoms with Crippen molar-refractivity contribution in [2.24, 2.45) is 11.7 Å². The summed E-state index contributed by atoms with van der Waals surface area (Å²) in [5.41, 5.74) is 6.64. The molecule has 0 aliphatic heterocycles. The first kappa shape index (κ1) is 17.5. The molecule has 0 fully saturated rings. The number of halogens is 1. The first-order valence-corrected chi connectivity index (χ1v) is 7.27. The second kappa shape index (κ2) is 8.00. The molecule has 0 spiro atoms. The van der Waals surface area contributed by atoms with Crippen LogP contribution in [0.5, 0.6) is 0 Å². The summed E-state index contributed by atoms with van der Waals surface area (Å²) in [6, 6.07) is 6.46. The molecular weight excluding hydrogens is 290 g/mol. The molecule has 6 heteroatoms. The van der Waals surface area contributed by atoms with Gasteiger partial charge in [0.05, 0.1) is 18.6 Å². The lowest BCUT2D eigenvalue weighted by atomic mass is 10.1. The van der Waals surface area contributed by atoms with E-state index in [-0.39, 0.29) is 30.3 Å². The Balaban J connectivity index is 2.43. The van der Waals surface area contributed by atoms with Crippen LogP contribution in [0, 0.1) is 5.92 Å². The largest absolute Gasteiger partial charge is 0.348 e. The predicted octanol–water partition coefficient (Wildman–Crippen LogP) is 1.62. The van der Waals surface area contributed by atoms with Gasteiger partial charge in [0.1, 0.15) is 0 Å². The summed E-state index contributed by atoms with van der Waals surface area (Å²) in [6.07, 6.45) is 0. The van der Waals surface area contributed by atoms with E-state index in [2.05, 4.69) is 10.6 Å². The average molecular weight is 312 g/mol. The Morgan fingerprint density at radius 1 is 1.19 bits per heavy atom. The van der Waals surface area contributed by atoms with Crippen LogP contribution in [0.2, 0.25) is 5.02 Å². The van der Waals surface area contributed by atoms with Gasteiger partial charge in [0.2, 0.25) is 11.8 Å². The van der Waals surface area contributed by atoms with Crippen molar-refractivity contribution in [2.75, 3.05) is 6.54 Å². The third-order valence-electron chi connectivity index (χ3n) is 3.19. The third-order valence-corrected chi connectivity index (χ3v) is 3.44. The second-order valence-corrected chi connectivity index (χ2v) is 5.76. The van der Waals surface area contributed by atoms with Gasteiger partial charge in [0, 0.05) is 5.02 Å². The van der Waals surface area contributed by atoms with E-state index in [1.165, 1.54) is 0 Å². The topological polar surface area (TPSA) is 84.2 Å². The summed E-state index contributed by atoms with van der Waals surface area (Å²) in [7, 11) is 0. The highest BCUT2D eigenvalue weighted by Gasteiger charge is 2.18. The standard InChI is InChI=1S/C15H22ClN3O2/c1-9(2)14(17)15(21)18-8-13(20)19-10(3)11-4-6-12(16)7-5-11/h4-7,9-10,14H,8,17H2,1-3H3,(H,18,21)(H,19,20)/t10-,14-/m0/s1. The number of nitrogens with one attached hydrogen (secondary N) is 2. The van der Waals surface area contributed by atoms with Gasteiger partial charge >= 0.3 is 0 Å². The molecule has 0 saturated carbocycles. The maximum Gasteiger partial charge on any atom is 0.239 e. The minimum Gasteiger partial charge on any atom is -0.348 e. The van der Waals surface area contributed by atoms with E-state index in [9.17, 15) is 9.59 Å². The van der Waals surface area contributed by atoms with Gasteiger partial charge in [-0.05, 0) is 30.5 Å². The molecule has 0 aromatic heterocycles. The Morgan fingerprint density at radius 3 is 2.29 bits per heavy atom. The monoisotopic (exact) mass is 311 g/mol. The summed E-state index contributed by atoms with van der Waals surface area (Å²) >= 11 is 5.82. The van der Waals surface area contributed by atoms with Crippen molar-refractivity contribution in [3.05, 3.63) is 34.9 Å². The fourth-order valence-electron chi connectivity index (χ4n) is 1.72. The number of hydrogen-bond acceptors (Lipinski definition) is 3. The second-order valence-electron chi connectivity index (χ2n) is 5.33. The fraction of sp³-hybridized carbons (Fsp3) is 0.467. The van der Waals surface area contributed by atoms with Crippen LogP contribution in [-0.4, -0.2) is 24.4 Å². The van der Waals surface area contributed by atoms with Crippen molar-refractivity contribution >= 4 is 23.4 Å². The smallest absolute Gasteiger partial charge is 0.239 e. The van der Waals surface area contributed by atoms with Crippen LogP contribution < -0.4 is 16.4 Å². The van der Waals surface area contributed by atoms with Gasteiger partial charge in [-0.25, -0.2) is 0 Å². The quantitative estimate of drug-likeness (QED) is 0.746. The normalized spacial score (nSPS) is 13.6. The zero-order valence-electron chi connectivity index (χ0n) is 12.5. The summed E-state index contributed by atoms with van der Waals surface area (Å²) < 4.78 is 0. The molecule has 2 atom stereocenters. The molecule has 1 aromatic carbocycles. The van der Waals surface area contributed by atoms with Gasteiger partial charge in [0.15, 0.2) is 0 Å². The lowest BCUT2D eigenvalue weighted by Gasteiger charge is -2.17. The van der Waals surface area contributed by atoms with Crippen molar-refractivity contribution in [3.63, 3.8) is 0 Å². The number of rotatable bonds is 6. The zero-order chi connectivity index (χ0) is 16.0. The molecule has 0 radical (unpaired) electrons. The van der Waals surface area contributed by atoms with Gasteiger partial charge in [0.25, 0.3) is 0 Å². The van der Waals surface area contributed by atoms with E-state index in [1.807, 2.05) is 32.9 Å². The summed E-state index contributed by atoms with van der Waals surface area (Å²) in [5.74, 6) is -0.554. The van der Waals surface area contributed by atoms with E-state index in [0.717, 1.165) is 5.56 Å². The first-order valence-electron chi connectivity index (χ1n) is 6.89. The Bertz CT molecular complexity index is 488. The molecule has 0 aliphatic carbocycles. The Labute approximate surface area is 130 Å². The lowest BCUT2D eigenvalue weighted by Crippen LogP contribution is -2.47. The average Bonchev–Trinajstić information content (AvgIpc) is 2.44. The highest BCUT2D eigenvalue weighted by molar-refractivity contribution is 6.30. The number of amides is 2. The molecule has 1 rings (SSSR count). The van der Waals surface area contributed by atoms with Crippen molar-refractivity contribution in [2.45, 2.75) is 32.9 Å². The molecule has 0 aliphatic rings. The molecule has 0 heterocycles. The highest BCUT2D eigenvalue weighted by atomic mass is 35.5. The number of carbonyl (C=O) groups is 2. The van der Waals surface area contributed by atoms with Crippen LogP contribution in [0.15, 0.2) is 24.3 Å². The Morgan fingerprint density at radius 2 is 1.76 bits per heavy atom. The maximum atomic E-state index is 11.8. The molecule has 0 unspecified atom stereocenters. The van der Waals surface area contributed by atoms with Crippen LogP contribution in [0.4, 0.5) is 0 Å². The van der Waals surface area contributed by atoms with Gasteiger partial charge in [-0.2, -0.15) is 0 Å². The third kappa shape index (κ3) is 5.73. The molecule has 1 aromatic rings. The van der Waals surface area contributed by atoms with Gasteiger partial charge in [-0.15, -0.1) is 0 Å². The van der Waals surface area contributed by atoms with Crippen LogP contribution in [0.1, 0.15) is 32.4 Å². The van der Waals surface area contributed by atoms with E-state index in [4.69, 9.17) is 17.3 Å². The van der Waals surface area contributed by atoms with E-state index >= 15 is 0 Å². The van der Waals surface area contributed by atoms with E-state index in [1.54, 1.807) is 12.1 Å². The van der Waals surface area contributed by atoms with Crippen LogP contribution >= 0.6 is 11.6 Å². The fourth-order valence-corrected chi connectivity index (χ4v) is 1.84. The predicted molar refractivity (Wildman–Crippen MR) is 83.8 cm³/mol. The van der Waals surface area contributed by atoms with Gasteiger partial charge < -0.3 is 16.4 Å². The molecular formula is C15H22ClN3O2. The number of nitrogens with two attached hydrogens (primary N) is 1. The Hall–Kier alpha value is -1.59. The number of benzene rings is 1. The zero-order valence-corrected chi connectivity index (χ0v) is 13.3. The minimum atomic E-state index is -0.605. The van der Waals surface area contributed by atoms with Crippen LogP contribution in [0.25, 0.3) is 0 Å². The number of carbonyl (C=O) groups excluding carboxylic acids is 2.